The maximum absolute atomic E-state index is 13.2. The van der Waals surface area contributed by atoms with Gasteiger partial charge in [-0.3, -0.25) is 9.59 Å². The molecule has 2 aliphatic rings. The second kappa shape index (κ2) is 10.8. The number of para-hydroxylation sites is 1. The Kier molecular flexibility index (Phi) is 7.72. The maximum Gasteiger partial charge on any atom is 0.328 e. The molecule has 1 unspecified atom stereocenters. The predicted molar refractivity (Wildman–Crippen MR) is 141 cm³/mol. The van der Waals surface area contributed by atoms with Gasteiger partial charge < -0.3 is 30.4 Å². The van der Waals surface area contributed by atoms with E-state index in [1.165, 1.54) is 0 Å². The third-order valence-electron chi connectivity index (χ3n) is 7.07. The van der Waals surface area contributed by atoms with Gasteiger partial charge in [0.15, 0.2) is 0 Å². The van der Waals surface area contributed by atoms with E-state index in [1.807, 2.05) is 30.3 Å². The van der Waals surface area contributed by atoms with E-state index >= 15 is 0 Å². The van der Waals surface area contributed by atoms with Gasteiger partial charge >= 0.3 is 12.0 Å². The first-order valence-electron chi connectivity index (χ1n) is 12.0. The van der Waals surface area contributed by atoms with E-state index in [9.17, 15) is 24.3 Å². The molecule has 10 nitrogen and oxygen atoms in total. The van der Waals surface area contributed by atoms with Gasteiger partial charge in [-0.1, -0.05) is 30.3 Å². The van der Waals surface area contributed by atoms with Crippen molar-refractivity contribution < 1.29 is 24.3 Å². The van der Waals surface area contributed by atoms with Gasteiger partial charge in [0.05, 0.1) is 18.8 Å². The number of anilines is 1. The van der Waals surface area contributed by atoms with Gasteiger partial charge in [0.25, 0.3) is 5.91 Å². The molecule has 0 bridgehead atoms. The Hall–Kier alpha value is -3.60. The van der Waals surface area contributed by atoms with Crippen LogP contribution in [0.3, 0.4) is 0 Å². The lowest BCUT2D eigenvalue weighted by Crippen LogP contribution is -2.59. The first-order valence-corrected chi connectivity index (χ1v) is 12.8. The Balaban J connectivity index is 1.37. The number of carbonyl (C=O) groups excluding carboxylic acids is 3. The molecule has 2 aromatic carbocycles. The van der Waals surface area contributed by atoms with Crippen LogP contribution in [0.15, 0.2) is 53.0 Å². The van der Waals surface area contributed by atoms with Gasteiger partial charge in [0.1, 0.15) is 11.6 Å². The summed E-state index contributed by atoms with van der Waals surface area (Å²) in [6.45, 7) is 2.64. The summed E-state index contributed by atoms with van der Waals surface area (Å²) >= 11 is 3.33. The standard InChI is InChI=1S/C26H30BrN5O5/c1-17-7-6-10-19(27)21(17)22(33)29-20(23(34)35)15-28-25(37)31-13-11-26(12-14-31)24(36)30(2)16-32(26)18-8-4-3-5-9-18/h3-10,20H,11-16H2,1-2H3,(H,28,37)(H,29,33)(H,34,35). The van der Waals surface area contributed by atoms with E-state index < -0.39 is 29.5 Å². The molecule has 2 aliphatic heterocycles. The van der Waals surface area contributed by atoms with Gasteiger partial charge in [0.2, 0.25) is 5.91 Å². The molecule has 2 fully saturated rings. The van der Waals surface area contributed by atoms with Crippen LogP contribution < -0.4 is 15.5 Å². The number of benzene rings is 2. The summed E-state index contributed by atoms with van der Waals surface area (Å²) in [5, 5.41) is 14.7. The number of likely N-dealkylation sites (tertiary alicyclic amines) is 1. The smallest absolute Gasteiger partial charge is 0.328 e. The minimum atomic E-state index is -1.31. The highest BCUT2D eigenvalue weighted by molar-refractivity contribution is 9.10. The number of hydrogen-bond donors (Lipinski definition) is 3. The van der Waals surface area contributed by atoms with Crippen molar-refractivity contribution in [2.45, 2.75) is 31.3 Å². The average molecular weight is 572 g/mol. The van der Waals surface area contributed by atoms with Crippen molar-refractivity contribution in [3.05, 3.63) is 64.1 Å². The molecule has 4 rings (SSSR count). The molecule has 1 spiro atoms. The van der Waals surface area contributed by atoms with E-state index in [0.29, 0.717) is 48.2 Å². The summed E-state index contributed by atoms with van der Waals surface area (Å²) in [4.78, 5) is 55.9. The Labute approximate surface area is 223 Å². The highest BCUT2D eigenvalue weighted by atomic mass is 79.9. The zero-order valence-corrected chi connectivity index (χ0v) is 22.3. The number of rotatable bonds is 6. The van der Waals surface area contributed by atoms with Crippen LogP contribution in [0.4, 0.5) is 10.5 Å². The first-order chi connectivity index (χ1) is 17.6. The fraction of sp³-hybridized carbons (Fsp3) is 0.385. The molecule has 0 aliphatic carbocycles. The SMILES string of the molecule is Cc1cccc(Br)c1C(=O)NC(CNC(=O)N1CCC2(CC1)C(=O)N(C)CN2c1ccccc1)C(=O)O. The molecule has 2 saturated heterocycles. The van der Waals surface area contributed by atoms with Crippen LogP contribution in [-0.2, 0) is 9.59 Å². The summed E-state index contributed by atoms with van der Waals surface area (Å²) < 4.78 is 0.553. The molecule has 0 saturated carbocycles. The number of amides is 4. The van der Waals surface area contributed by atoms with Gasteiger partial charge in [-0.05, 0) is 59.5 Å². The Morgan fingerprint density at radius 3 is 2.38 bits per heavy atom. The second-order valence-electron chi connectivity index (χ2n) is 9.41. The highest BCUT2D eigenvalue weighted by Gasteiger charge is 2.53. The summed E-state index contributed by atoms with van der Waals surface area (Å²) in [6.07, 6.45) is 0.914. The van der Waals surface area contributed by atoms with Crippen LogP contribution in [0.2, 0.25) is 0 Å². The van der Waals surface area contributed by atoms with Crippen molar-refractivity contribution in [2.24, 2.45) is 0 Å². The Morgan fingerprint density at radius 1 is 1.08 bits per heavy atom. The number of aryl methyl sites for hydroxylation is 1. The molecule has 3 N–H and O–H groups in total. The Bertz CT molecular complexity index is 1180. The number of nitrogens with one attached hydrogen (secondary N) is 2. The second-order valence-corrected chi connectivity index (χ2v) is 10.3. The Morgan fingerprint density at radius 2 is 1.76 bits per heavy atom. The molecular formula is C26H30BrN5O5. The normalized spacial score (nSPS) is 17.6. The molecular weight excluding hydrogens is 542 g/mol. The van der Waals surface area contributed by atoms with Gasteiger partial charge in [-0.15, -0.1) is 0 Å². The van der Waals surface area contributed by atoms with Crippen molar-refractivity contribution >= 4 is 45.4 Å². The monoisotopic (exact) mass is 571 g/mol. The van der Waals surface area contributed by atoms with E-state index in [1.54, 1.807) is 42.0 Å². The largest absolute Gasteiger partial charge is 0.480 e. The highest BCUT2D eigenvalue weighted by Crippen LogP contribution is 2.38. The number of nitrogens with zero attached hydrogens (tertiary/aromatic N) is 3. The minimum absolute atomic E-state index is 0.0347. The van der Waals surface area contributed by atoms with Crippen molar-refractivity contribution in [3.8, 4) is 0 Å². The number of piperidine rings is 1. The average Bonchev–Trinajstić information content (AvgIpc) is 3.12. The van der Waals surface area contributed by atoms with Crippen molar-refractivity contribution in [1.29, 1.82) is 0 Å². The molecule has 2 aromatic rings. The molecule has 37 heavy (non-hydrogen) atoms. The fourth-order valence-corrected chi connectivity index (χ4v) is 5.68. The van der Waals surface area contributed by atoms with Crippen LogP contribution in [0.1, 0.15) is 28.8 Å². The molecule has 0 radical (unpaired) electrons. The molecule has 196 valence electrons. The third-order valence-corrected chi connectivity index (χ3v) is 7.73. The van der Waals surface area contributed by atoms with Crippen molar-refractivity contribution in [3.63, 3.8) is 0 Å². The van der Waals surface area contributed by atoms with Crippen LogP contribution in [-0.4, -0.2) is 83.7 Å². The molecule has 11 heteroatoms. The van der Waals surface area contributed by atoms with E-state index in [-0.39, 0.29) is 12.5 Å². The topological polar surface area (TPSA) is 122 Å². The summed E-state index contributed by atoms with van der Waals surface area (Å²) in [5.41, 5.74) is 1.28. The van der Waals surface area contributed by atoms with Crippen LogP contribution in [0.25, 0.3) is 0 Å². The van der Waals surface area contributed by atoms with Crippen LogP contribution in [0.5, 0.6) is 0 Å². The third kappa shape index (κ3) is 5.27. The number of urea groups is 1. The number of aliphatic carboxylic acids is 1. The van der Waals surface area contributed by atoms with Crippen molar-refractivity contribution in [1.82, 2.24) is 20.4 Å². The number of hydrogen-bond acceptors (Lipinski definition) is 5. The minimum Gasteiger partial charge on any atom is -0.480 e. The lowest BCUT2D eigenvalue weighted by Gasteiger charge is -2.43. The molecule has 1 atom stereocenters. The molecule has 4 amide bonds. The summed E-state index contributed by atoms with van der Waals surface area (Å²) in [6, 6.07) is 13.2. The van der Waals surface area contributed by atoms with Gasteiger partial charge in [-0.25, -0.2) is 9.59 Å². The number of carboxylic acids is 1. The lowest BCUT2D eigenvalue weighted by atomic mass is 9.85. The first kappa shape index (κ1) is 26.5. The van der Waals surface area contributed by atoms with Crippen LogP contribution >= 0.6 is 15.9 Å². The van der Waals surface area contributed by atoms with E-state index in [0.717, 1.165) is 5.69 Å². The van der Waals surface area contributed by atoms with E-state index in [4.69, 9.17) is 0 Å². The van der Waals surface area contributed by atoms with Crippen molar-refractivity contribution in [2.75, 3.05) is 38.3 Å². The summed E-state index contributed by atoms with van der Waals surface area (Å²) in [5.74, 6) is -1.77. The van der Waals surface area contributed by atoms with Gasteiger partial charge in [-0.2, -0.15) is 0 Å². The zero-order chi connectivity index (χ0) is 26.7. The van der Waals surface area contributed by atoms with Gasteiger partial charge in [0, 0.05) is 30.3 Å². The molecule has 0 aromatic heterocycles. The maximum atomic E-state index is 13.2. The number of carboxylic acid groups (broad SMARTS) is 1. The number of halogens is 1. The summed E-state index contributed by atoms with van der Waals surface area (Å²) in [7, 11) is 1.78. The zero-order valence-electron chi connectivity index (χ0n) is 20.7. The molecule has 2 heterocycles. The van der Waals surface area contributed by atoms with Crippen LogP contribution in [0, 0.1) is 6.92 Å². The van der Waals surface area contributed by atoms with E-state index in [2.05, 4.69) is 31.5 Å². The quantitative estimate of drug-likeness (QED) is 0.489. The fourth-order valence-electron chi connectivity index (χ4n) is 5.03. The lowest BCUT2D eigenvalue weighted by molar-refractivity contribution is -0.139. The number of likely N-dealkylation sites (N-methyl/N-ethyl adjacent to an activating group) is 1. The predicted octanol–water partition coefficient (Wildman–Crippen LogP) is 2.42. The number of carbonyl (C=O) groups is 4.